The molecule has 3 heteroatoms. The quantitative estimate of drug-likeness (QED) is 0.836. The highest BCUT2D eigenvalue weighted by Gasteiger charge is 1.90. The van der Waals surface area contributed by atoms with Crippen LogP contribution in [0.3, 0.4) is 0 Å². The Morgan fingerprint density at radius 1 is 1.25 bits per heavy atom. The van der Waals surface area contributed by atoms with Crippen molar-refractivity contribution >= 4 is 5.97 Å². The van der Waals surface area contributed by atoms with Crippen LogP contribution in [0.15, 0.2) is 30.3 Å². The van der Waals surface area contributed by atoms with Crippen LogP contribution in [0.25, 0.3) is 0 Å². The van der Waals surface area contributed by atoms with E-state index in [-0.39, 0.29) is 6.61 Å². The molecule has 0 aromatic heterocycles. The zero-order valence-corrected chi connectivity index (χ0v) is 9.98. The van der Waals surface area contributed by atoms with Gasteiger partial charge in [0.25, 0.3) is 0 Å². The van der Waals surface area contributed by atoms with Gasteiger partial charge in [0, 0.05) is 6.61 Å². The third-order valence-corrected chi connectivity index (χ3v) is 1.81. The Morgan fingerprint density at radius 3 is 2.25 bits per heavy atom. The summed E-state index contributed by atoms with van der Waals surface area (Å²) in [5, 5.41) is 7.92. The predicted molar refractivity (Wildman–Crippen MR) is 64.6 cm³/mol. The molecule has 0 atom stereocenters. The fraction of sp³-hybridized carbons (Fsp3) is 0.462. The molecule has 0 aliphatic rings. The fourth-order valence-electron chi connectivity index (χ4n) is 1.12. The number of rotatable bonds is 5. The van der Waals surface area contributed by atoms with E-state index in [4.69, 9.17) is 5.11 Å². The molecule has 1 aromatic carbocycles. The standard InChI is InChI=1S/C9H12.C4H8O3/c1-2-6-9-7-4-3-5-8-9;1-2-7-3-4(5)6/h3-5,7-8H,2,6H2,1H3;2-3H2,1H3,(H,5,6). The van der Waals surface area contributed by atoms with Crippen molar-refractivity contribution in [2.45, 2.75) is 26.7 Å². The SMILES string of the molecule is CCCc1ccccc1.CCOCC(=O)O. The molecule has 0 aliphatic carbocycles. The highest BCUT2D eigenvalue weighted by molar-refractivity contribution is 5.67. The van der Waals surface area contributed by atoms with Crippen LogP contribution in [0.2, 0.25) is 0 Å². The zero-order chi connectivity index (χ0) is 12.2. The van der Waals surface area contributed by atoms with E-state index in [1.165, 1.54) is 18.4 Å². The monoisotopic (exact) mass is 224 g/mol. The van der Waals surface area contributed by atoms with E-state index in [1.54, 1.807) is 6.92 Å². The lowest BCUT2D eigenvalue weighted by molar-refractivity contribution is -0.142. The Hall–Kier alpha value is -1.35. The zero-order valence-electron chi connectivity index (χ0n) is 9.98. The summed E-state index contributed by atoms with van der Waals surface area (Å²) in [6.45, 7) is 4.23. The summed E-state index contributed by atoms with van der Waals surface area (Å²) < 4.78 is 4.50. The Balaban J connectivity index is 0.000000293. The van der Waals surface area contributed by atoms with Crippen molar-refractivity contribution in [1.29, 1.82) is 0 Å². The van der Waals surface area contributed by atoms with Crippen LogP contribution in [-0.2, 0) is 16.0 Å². The largest absolute Gasteiger partial charge is 0.480 e. The number of ether oxygens (including phenoxy) is 1. The molecule has 0 radical (unpaired) electrons. The van der Waals surface area contributed by atoms with E-state index in [0.717, 1.165) is 0 Å². The Labute approximate surface area is 97.1 Å². The topological polar surface area (TPSA) is 46.5 Å². The average Bonchev–Trinajstić information content (AvgIpc) is 2.29. The summed E-state index contributed by atoms with van der Waals surface area (Å²) in [5.41, 5.74) is 1.44. The minimum atomic E-state index is -0.915. The minimum absolute atomic E-state index is 0.184. The molecule has 0 aliphatic heterocycles. The highest BCUT2D eigenvalue weighted by Crippen LogP contribution is 2.00. The lowest BCUT2D eigenvalue weighted by atomic mass is 10.1. The van der Waals surface area contributed by atoms with Gasteiger partial charge >= 0.3 is 5.97 Å². The number of carboxylic acid groups (broad SMARTS) is 1. The van der Waals surface area contributed by atoms with Crippen LogP contribution >= 0.6 is 0 Å². The third-order valence-electron chi connectivity index (χ3n) is 1.81. The molecule has 1 aromatic rings. The number of benzene rings is 1. The van der Waals surface area contributed by atoms with Crippen LogP contribution in [-0.4, -0.2) is 24.3 Å². The van der Waals surface area contributed by atoms with Crippen LogP contribution in [0.4, 0.5) is 0 Å². The number of hydrogen-bond donors (Lipinski definition) is 1. The second-order valence-corrected chi connectivity index (χ2v) is 3.27. The van der Waals surface area contributed by atoms with Crippen LogP contribution < -0.4 is 0 Å². The van der Waals surface area contributed by atoms with E-state index in [0.29, 0.717) is 6.61 Å². The smallest absolute Gasteiger partial charge is 0.329 e. The molecule has 0 unspecified atom stereocenters. The van der Waals surface area contributed by atoms with Gasteiger partial charge in [0.15, 0.2) is 0 Å². The molecule has 0 heterocycles. The fourth-order valence-corrected chi connectivity index (χ4v) is 1.12. The molecule has 0 saturated carbocycles. The first-order valence-corrected chi connectivity index (χ1v) is 5.54. The Morgan fingerprint density at radius 2 is 1.88 bits per heavy atom. The summed E-state index contributed by atoms with van der Waals surface area (Å²) in [6.07, 6.45) is 2.45. The van der Waals surface area contributed by atoms with Gasteiger partial charge in [0.2, 0.25) is 0 Å². The molecular weight excluding hydrogens is 204 g/mol. The van der Waals surface area contributed by atoms with Gasteiger partial charge in [-0.15, -0.1) is 0 Å². The number of carbonyl (C=O) groups is 1. The molecule has 0 amide bonds. The molecule has 1 rings (SSSR count). The van der Waals surface area contributed by atoms with Gasteiger partial charge in [0.1, 0.15) is 6.61 Å². The summed E-state index contributed by atoms with van der Waals surface area (Å²) >= 11 is 0. The summed E-state index contributed by atoms with van der Waals surface area (Å²) in [7, 11) is 0. The molecule has 0 fully saturated rings. The van der Waals surface area contributed by atoms with E-state index in [2.05, 4.69) is 42.0 Å². The summed E-state index contributed by atoms with van der Waals surface area (Å²) in [4.78, 5) is 9.63. The van der Waals surface area contributed by atoms with Gasteiger partial charge in [-0.2, -0.15) is 0 Å². The first-order chi connectivity index (χ1) is 7.70. The van der Waals surface area contributed by atoms with Crippen molar-refractivity contribution in [2.24, 2.45) is 0 Å². The maximum atomic E-state index is 9.63. The first kappa shape index (κ1) is 14.6. The van der Waals surface area contributed by atoms with Gasteiger partial charge in [-0.05, 0) is 18.9 Å². The normalized spacial score (nSPS) is 9.12. The van der Waals surface area contributed by atoms with Gasteiger partial charge in [0.05, 0.1) is 0 Å². The molecule has 1 N–H and O–H groups in total. The molecule has 0 saturated heterocycles. The number of aryl methyl sites for hydroxylation is 1. The van der Waals surface area contributed by atoms with Gasteiger partial charge in [-0.3, -0.25) is 0 Å². The molecule has 0 spiro atoms. The number of carboxylic acids is 1. The maximum Gasteiger partial charge on any atom is 0.329 e. The first-order valence-electron chi connectivity index (χ1n) is 5.54. The predicted octanol–water partition coefficient (Wildman–Crippen LogP) is 2.75. The summed E-state index contributed by atoms with van der Waals surface area (Å²) in [5.74, 6) is -0.915. The lowest BCUT2D eigenvalue weighted by Gasteiger charge is -1.93. The molecule has 90 valence electrons. The molecule has 0 bridgehead atoms. The van der Waals surface area contributed by atoms with Crippen molar-refractivity contribution in [3.63, 3.8) is 0 Å². The van der Waals surface area contributed by atoms with Crippen molar-refractivity contribution in [2.75, 3.05) is 13.2 Å². The maximum absolute atomic E-state index is 9.63. The second-order valence-electron chi connectivity index (χ2n) is 3.27. The number of hydrogen-bond acceptors (Lipinski definition) is 2. The molecule has 3 nitrogen and oxygen atoms in total. The van der Waals surface area contributed by atoms with Crippen molar-refractivity contribution < 1.29 is 14.6 Å². The highest BCUT2D eigenvalue weighted by atomic mass is 16.5. The lowest BCUT2D eigenvalue weighted by Crippen LogP contribution is -2.05. The Kier molecular flexibility index (Phi) is 9.32. The van der Waals surface area contributed by atoms with Crippen LogP contribution in [0.1, 0.15) is 25.8 Å². The molecule has 16 heavy (non-hydrogen) atoms. The van der Waals surface area contributed by atoms with Crippen molar-refractivity contribution in [3.8, 4) is 0 Å². The van der Waals surface area contributed by atoms with Crippen LogP contribution in [0, 0.1) is 0 Å². The van der Waals surface area contributed by atoms with E-state index < -0.39 is 5.97 Å². The summed E-state index contributed by atoms with van der Waals surface area (Å²) in [6, 6.07) is 10.6. The Bertz CT molecular complexity index is 270. The van der Waals surface area contributed by atoms with E-state index in [9.17, 15) is 4.79 Å². The van der Waals surface area contributed by atoms with Gasteiger partial charge in [-0.25, -0.2) is 4.79 Å². The number of aliphatic carboxylic acids is 1. The average molecular weight is 224 g/mol. The third kappa shape index (κ3) is 9.21. The van der Waals surface area contributed by atoms with Crippen LogP contribution in [0.5, 0.6) is 0 Å². The van der Waals surface area contributed by atoms with E-state index in [1.807, 2.05) is 0 Å². The van der Waals surface area contributed by atoms with Crippen molar-refractivity contribution in [1.82, 2.24) is 0 Å². The van der Waals surface area contributed by atoms with Gasteiger partial charge < -0.3 is 9.84 Å². The van der Waals surface area contributed by atoms with Crippen molar-refractivity contribution in [3.05, 3.63) is 35.9 Å². The van der Waals surface area contributed by atoms with E-state index >= 15 is 0 Å². The second kappa shape index (κ2) is 10.2. The molecular formula is C13H20O3. The minimum Gasteiger partial charge on any atom is -0.480 e. The van der Waals surface area contributed by atoms with Gasteiger partial charge in [-0.1, -0.05) is 43.7 Å².